The van der Waals surface area contributed by atoms with Gasteiger partial charge in [-0.2, -0.15) is 5.10 Å². The van der Waals surface area contributed by atoms with E-state index in [4.69, 9.17) is 0 Å². The first-order valence-corrected chi connectivity index (χ1v) is 11.8. The van der Waals surface area contributed by atoms with Crippen molar-refractivity contribution in [2.75, 3.05) is 5.32 Å². The molecule has 5 aromatic rings. The van der Waals surface area contributed by atoms with Crippen molar-refractivity contribution in [1.82, 2.24) is 10.2 Å². The molecular formula is C30H21F2N3O2. The lowest BCUT2D eigenvalue weighted by molar-refractivity contribution is -0.131. The van der Waals surface area contributed by atoms with E-state index < -0.39 is 23.1 Å². The molecule has 5 nitrogen and oxygen atoms in total. The first-order valence-electron chi connectivity index (χ1n) is 11.8. The van der Waals surface area contributed by atoms with Crippen LogP contribution in [0.3, 0.4) is 0 Å². The number of carbonyl (C=O) groups excluding carboxylic acids is 1. The molecule has 1 atom stereocenters. The maximum Gasteiger partial charge on any atom is 0.265 e. The molecule has 37 heavy (non-hydrogen) atoms. The number of rotatable bonds is 5. The Hall–Kier alpha value is -4.62. The molecule has 1 aliphatic rings. The molecular weight excluding hydrogens is 472 g/mol. The molecule has 1 unspecified atom stereocenters. The number of halogens is 2. The largest absolute Gasteiger partial charge is 0.372 e. The van der Waals surface area contributed by atoms with Gasteiger partial charge in [0.15, 0.2) is 5.60 Å². The third-order valence-electron chi connectivity index (χ3n) is 6.76. The van der Waals surface area contributed by atoms with Gasteiger partial charge in [0.25, 0.3) is 5.91 Å². The number of nitrogens with zero attached hydrogens (tertiary/aromatic N) is 1. The number of hydrogen-bond donors (Lipinski definition) is 3. The highest BCUT2D eigenvalue weighted by Crippen LogP contribution is 2.41. The predicted molar refractivity (Wildman–Crippen MR) is 137 cm³/mol. The molecule has 1 heterocycles. The van der Waals surface area contributed by atoms with Gasteiger partial charge >= 0.3 is 0 Å². The van der Waals surface area contributed by atoms with Crippen molar-refractivity contribution < 1.29 is 18.7 Å². The molecule has 182 valence electrons. The van der Waals surface area contributed by atoms with Gasteiger partial charge in [-0.3, -0.25) is 9.89 Å². The van der Waals surface area contributed by atoms with E-state index in [2.05, 4.69) is 15.5 Å². The van der Waals surface area contributed by atoms with E-state index in [9.17, 15) is 18.7 Å². The lowest BCUT2D eigenvalue weighted by Gasteiger charge is -2.28. The van der Waals surface area contributed by atoms with Crippen LogP contribution >= 0.6 is 0 Å². The van der Waals surface area contributed by atoms with Crippen LogP contribution in [0.15, 0.2) is 97.1 Å². The molecule has 7 heteroatoms. The van der Waals surface area contributed by atoms with Crippen LogP contribution in [0.25, 0.3) is 22.5 Å². The molecule has 0 aliphatic heterocycles. The standard InChI is InChI=1S/C30H21F2N3O2/c31-21-11-14-25(26(32)17-21)30(37,20-9-5-2-6-10-20)29(36)33-22-12-13-23-19(15-22)16-24-27(34-35-28(23)24)18-7-3-1-4-8-18/h1-15,17,37H,16H2,(H,33,36)(H,34,35). The average Bonchev–Trinajstić information content (AvgIpc) is 3.48. The maximum absolute atomic E-state index is 14.8. The second-order valence-corrected chi connectivity index (χ2v) is 9.00. The van der Waals surface area contributed by atoms with Gasteiger partial charge in [0.2, 0.25) is 0 Å². The summed E-state index contributed by atoms with van der Waals surface area (Å²) in [5.74, 6) is -2.68. The van der Waals surface area contributed by atoms with Gasteiger partial charge in [-0.25, -0.2) is 8.78 Å². The summed E-state index contributed by atoms with van der Waals surface area (Å²) in [7, 11) is 0. The van der Waals surface area contributed by atoms with E-state index in [0.717, 1.165) is 45.8 Å². The van der Waals surface area contributed by atoms with Crippen molar-refractivity contribution in [3.63, 3.8) is 0 Å². The van der Waals surface area contributed by atoms with Gasteiger partial charge in [0, 0.05) is 40.4 Å². The van der Waals surface area contributed by atoms with Crippen molar-refractivity contribution in [2.45, 2.75) is 12.0 Å². The quantitative estimate of drug-likeness (QED) is 0.284. The van der Waals surface area contributed by atoms with E-state index in [1.165, 1.54) is 12.1 Å². The fourth-order valence-electron chi connectivity index (χ4n) is 4.94. The second kappa shape index (κ2) is 8.80. The number of benzene rings is 4. The van der Waals surface area contributed by atoms with E-state index in [0.29, 0.717) is 18.2 Å². The highest BCUT2D eigenvalue weighted by Gasteiger charge is 2.42. The summed E-state index contributed by atoms with van der Waals surface area (Å²) in [5, 5.41) is 22.0. The molecule has 0 bridgehead atoms. The van der Waals surface area contributed by atoms with Crippen LogP contribution in [-0.2, 0) is 16.8 Å². The molecule has 0 radical (unpaired) electrons. The highest BCUT2D eigenvalue weighted by molar-refractivity contribution is 6.01. The summed E-state index contributed by atoms with van der Waals surface area (Å²) in [6.45, 7) is 0. The number of carbonyl (C=O) groups is 1. The van der Waals surface area contributed by atoms with Crippen molar-refractivity contribution in [2.24, 2.45) is 0 Å². The van der Waals surface area contributed by atoms with Crippen molar-refractivity contribution in [3.8, 4) is 22.5 Å². The van der Waals surface area contributed by atoms with Gasteiger partial charge in [-0.1, -0.05) is 66.7 Å². The van der Waals surface area contributed by atoms with Gasteiger partial charge < -0.3 is 10.4 Å². The number of nitrogens with one attached hydrogen (secondary N) is 2. The lowest BCUT2D eigenvalue weighted by Crippen LogP contribution is -2.42. The molecule has 1 amide bonds. The molecule has 1 aliphatic carbocycles. The fraction of sp³-hybridized carbons (Fsp3) is 0.0667. The summed E-state index contributed by atoms with van der Waals surface area (Å²) in [6, 6.07) is 26.1. The minimum Gasteiger partial charge on any atom is -0.372 e. The number of aromatic amines is 1. The zero-order valence-corrected chi connectivity index (χ0v) is 19.5. The molecule has 1 aromatic heterocycles. The molecule has 6 rings (SSSR count). The SMILES string of the molecule is O=C(Nc1ccc2c(c1)Cc1c(-c3ccccc3)n[nH]c1-2)C(O)(c1ccccc1)c1ccc(F)cc1F. The van der Waals surface area contributed by atoms with Crippen LogP contribution in [0, 0.1) is 11.6 Å². The molecule has 0 spiro atoms. The number of aliphatic hydroxyl groups is 1. The first kappa shape index (κ1) is 22.8. The fourth-order valence-corrected chi connectivity index (χ4v) is 4.94. The smallest absolute Gasteiger partial charge is 0.265 e. The number of aromatic nitrogens is 2. The van der Waals surface area contributed by atoms with Crippen molar-refractivity contribution in [3.05, 3.63) is 131 Å². The first-order chi connectivity index (χ1) is 17.9. The zero-order chi connectivity index (χ0) is 25.6. The van der Waals surface area contributed by atoms with Crippen LogP contribution in [0.5, 0.6) is 0 Å². The predicted octanol–water partition coefficient (Wildman–Crippen LogP) is 5.80. The normalized spacial score (nSPS) is 13.5. The van der Waals surface area contributed by atoms with Crippen LogP contribution in [0.4, 0.5) is 14.5 Å². The third kappa shape index (κ3) is 3.80. The highest BCUT2D eigenvalue weighted by atomic mass is 19.1. The maximum atomic E-state index is 14.8. The molecule has 0 fully saturated rings. The van der Waals surface area contributed by atoms with Crippen LogP contribution < -0.4 is 5.32 Å². The number of amides is 1. The van der Waals surface area contributed by atoms with Crippen molar-refractivity contribution in [1.29, 1.82) is 0 Å². The Bertz CT molecular complexity index is 1630. The molecule has 0 saturated heterocycles. The third-order valence-corrected chi connectivity index (χ3v) is 6.76. The summed E-state index contributed by atoms with van der Waals surface area (Å²) in [5.41, 5.74) is 3.73. The van der Waals surface area contributed by atoms with E-state index >= 15 is 0 Å². The van der Waals surface area contributed by atoms with Gasteiger partial charge in [-0.15, -0.1) is 0 Å². The van der Waals surface area contributed by atoms with Crippen LogP contribution in [-0.4, -0.2) is 21.2 Å². The van der Waals surface area contributed by atoms with E-state index in [1.54, 1.807) is 24.3 Å². The Morgan fingerprint density at radius 1 is 0.919 bits per heavy atom. The summed E-state index contributed by atoms with van der Waals surface area (Å²) in [4.78, 5) is 13.5. The number of hydrogen-bond acceptors (Lipinski definition) is 3. The Morgan fingerprint density at radius 2 is 1.65 bits per heavy atom. The molecule has 0 saturated carbocycles. The van der Waals surface area contributed by atoms with E-state index in [-0.39, 0.29) is 11.1 Å². The monoisotopic (exact) mass is 493 g/mol. The lowest BCUT2D eigenvalue weighted by atomic mass is 9.85. The number of anilines is 1. The van der Waals surface area contributed by atoms with E-state index in [1.807, 2.05) is 42.5 Å². The molecule has 4 aromatic carbocycles. The van der Waals surface area contributed by atoms with Gasteiger partial charge in [0.05, 0.1) is 11.4 Å². The summed E-state index contributed by atoms with van der Waals surface area (Å²) >= 11 is 0. The Kier molecular flexibility index (Phi) is 5.43. The number of H-pyrrole nitrogens is 1. The van der Waals surface area contributed by atoms with Crippen LogP contribution in [0.1, 0.15) is 22.3 Å². The second-order valence-electron chi connectivity index (χ2n) is 9.00. The zero-order valence-electron chi connectivity index (χ0n) is 19.5. The minimum atomic E-state index is -2.38. The minimum absolute atomic E-state index is 0.160. The molecule has 3 N–H and O–H groups in total. The van der Waals surface area contributed by atoms with Gasteiger partial charge in [-0.05, 0) is 35.4 Å². The Labute approximate surface area is 211 Å². The van der Waals surface area contributed by atoms with Gasteiger partial charge in [0.1, 0.15) is 11.6 Å². The summed E-state index contributed by atoms with van der Waals surface area (Å²) in [6.07, 6.45) is 0.616. The van der Waals surface area contributed by atoms with Crippen molar-refractivity contribution >= 4 is 11.6 Å². The average molecular weight is 494 g/mol. The topological polar surface area (TPSA) is 78.0 Å². The van der Waals surface area contributed by atoms with Crippen LogP contribution in [0.2, 0.25) is 0 Å². The summed E-state index contributed by atoms with van der Waals surface area (Å²) < 4.78 is 28.4. The Morgan fingerprint density at radius 3 is 2.38 bits per heavy atom. The Balaban J connectivity index is 1.34. The number of fused-ring (bicyclic) bond motifs is 3.